The summed E-state index contributed by atoms with van der Waals surface area (Å²) in [5, 5.41) is 6.72. The molecule has 0 saturated carbocycles. The first-order chi connectivity index (χ1) is 18.3. The molecule has 0 aromatic heterocycles. The fraction of sp³-hybridized carbons (Fsp3) is 0.389. The number of benzene rings is 4. The molecule has 0 fully saturated rings. The van der Waals surface area contributed by atoms with Crippen molar-refractivity contribution in [1.29, 1.82) is 0 Å². The van der Waals surface area contributed by atoms with Crippen molar-refractivity contribution >= 4 is 49.0 Å². The van der Waals surface area contributed by atoms with Gasteiger partial charge in [0.05, 0.1) is 0 Å². The highest BCUT2D eigenvalue weighted by Crippen LogP contribution is 2.46. The van der Waals surface area contributed by atoms with E-state index in [0.29, 0.717) is 0 Å². The number of terminal acetylenes is 2. The molecular weight excluding hydrogens is 521 g/mol. The van der Waals surface area contributed by atoms with Gasteiger partial charge in [0.1, 0.15) is 11.5 Å². The minimum Gasteiger partial charge on any atom is -0.543 e. The second-order valence-corrected chi connectivity index (χ2v) is 23.6. The maximum absolute atomic E-state index is 6.88. The van der Waals surface area contributed by atoms with Crippen LogP contribution in [0.2, 0.25) is 36.3 Å². The molecule has 0 N–H and O–H groups in total. The number of rotatable bonds is 4. The quantitative estimate of drug-likeness (QED) is 0.139. The third kappa shape index (κ3) is 4.83. The molecule has 0 spiro atoms. The fourth-order valence-corrected chi connectivity index (χ4v) is 7.01. The molecule has 4 aromatic carbocycles. The summed E-state index contributed by atoms with van der Waals surface area (Å²) in [7, 11) is -4.14. The molecular formula is C36H44O2Si2. The number of hydrogen-bond donors (Lipinski definition) is 0. The molecule has 0 radical (unpaired) electrons. The fourth-order valence-electron chi connectivity index (χ4n) is 4.86. The zero-order valence-electron chi connectivity index (χ0n) is 26.4. The highest BCUT2D eigenvalue weighted by Gasteiger charge is 2.40. The summed E-state index contributed by atoms with van der Waals surface area (Å²) >= 11 is 0. The maximum atomic E-state index is 6.88. The van der Waals surface area contributed by atoms with E-state index in [0.717, 1.165) is 66.1 Å². The molecule has 208 valence electrons. The van der Waals surface area contributed by atoms with Gasteiger partial charge in [-0.1, -0.05) is 53.4 Å². The van der Waals surface area contributed by atoms with Gasteiger partial charge in [-0.25, -0.2) is 0 Å². The molecule has 0 aliphatic heterocycles. The largest absolute Gasteiger partial charge is 0.543 e. The van der Waals surface area contributed by atoms with Gasteiger partial charge >= 0.3 is 0 Å². The van der Waals surface area contributed by atoms with E-state index in [-0.39, 0.29) is 10.1 Å². The Morgan fingerprint density at radius 1 is 0.600 bits per heavy atom. The minimum atomic E-state index is -2.07. The Morgan fingerprint density at radius 2 is 0.950 bits per heavy atom. The van der Waals surface area contributed by atoms with Crippen molar-refractivity contribution < 1.29 is 8.85 Å². The van der Waals surface area contributed by atoms with Gasteiger partial charge in [0.15, 0.2) is 0 Å². The van der Waals surface area contributed by atoms with E-state index in [9.17, 15) is 0 Å². The predicted octanol–water partition coefficient (Wildman–Crippen LogP) is 10.5. The predicted molar refractivity (Wildman–Crippen MR) is 180 cm³/mol. The second kappa shape index (κ2) is 9.72. The molecule has 0 aliphatic rings. The molecule has 4 heteroatoms. The Labute approximate surface area is 243 Å². The van der Waals surface area contributed by atoms with Gasteiger partial charge in [-0.3, -0.25) is 0 Å². The van der Waals surface area contributed by atoms with Crippen molar-refractivity contribution in [3.8, 4) is 36.2 Å². The van der Waals surface area contributed by atoms with Crippen LogP contribution in [-0.2, 0) is 0 Å². The van der Waals surface area contributed by atoms with Gasteiger partial charge in [0.2, 0.25) is 16.6 Å². The SMILES string of the molecule is C#Cc1cc2cc(C#C)c3ccc(O[Si](C)(C)C(C)(C)C)c(C)c3c2c2c(C)c(O[Si](C)(C)C(C)(C)C)ccc12. The van der Waals surface area contributed by atoms with Gasteiger partial charge in [0, 0.05) is 11.1 Å². The van der Waals surface area contributed by atoms with E-state index in [2.05, 4.69) is 130 Å². The first-order valence-corrected chi connectivity index (χ1v) is 19.9. The van der Waals surface area contributed by atoms with Crippen LogP contribution in [0.5, 0.6) is 11.5 Å². The van der Waals surface area contributed by atoms with Crippen LogP contribution in [0, 0.1) is 38.5 Å². The van der Waals surface area contributed by atoms with E-state index >= 15 is 0 Å². The summed E-state index contributed by atoms with van der Waals surface area (Å²) in [6.07, 6.45) is 12.1. The summed E-state index contributed by atoms with van der Waals surface area (Å²) in [5.41, 5.74) is 3.93. The summed E-state index contributed by atoms with van der Waals surface area (Å²) in [6.45, 7) is 27.1. The zero-order valence-corrected chi connectivity index (χ0v) is 28.4. The highest BCUT2D eigenvalue weighted by atomic mass is 28.4. The molecule has 0 bridgehead atoms. The maximum Gasteiger partial charge on any atom is 0.250 e. The first-order valence-electron chi connectivity index (χ1n) is 14.1. The standard InChI is InChI=1S/C36H44O2Si2/c1-15-25-21-27-22-26(16-2)29-18-20-31(38-40(13,14)36(8,9)10)24(4)33(29)34(27)32-23(3)30(19-17-28(25)32)37-39(11,12)35(5,6)7/h1-2,17-22H,3-14H3. The van der Waals surface area contributed by atoms with Crippen molar-refractivity contribution in [3.63, 3.8) is 0 Å². The van der Waals surface area contributed by atoms with Gasteiger partial charge in [0.25, 0.3) is 0 Å². The van der Waals surface area contributed by atoms with Gasteiger partial charge in [-0.05, 0) is 130 Å². The Bertz CT molecular complexity index is 1620. The lowest BCUT2D eigenvalue weighted by atomic mass is 9.87. The number of aryl methyl sites for hydroxylation is 2. The molecule has 2 nitrogen and oxygen atoms in total. The summed E-state index contributed by atoms with van der Waals surface area (Å²) in [4.78, 5) is 0. The molecule has 0 unspecified atom stereocenters. The Hall–Kier alpha value is -3.19. The van der Waals surface area contributed by atoms with E-state index in [1.807, 2.05) is 0 Å². The molecule has 0 saturated heterocycles. The summed E-state index contributed by atoms with van der Waals surface area (Å²) < 4.78 is 13.8. The second-order valence-electron chi connectivity index (χ2n) is 14.2. The molecule has 40 heavy (non-hydrogen) atoms. The third-order valence-electron chi connectivity index (χ3n) is 9.45. The van der Waals surface area contributed by atoms with Crippen LogP contribution in [0.25, 0.3) is 32.3 Å². The zero-order chi connectivity index (χ0) is 30.0. The van der Waals surface area contributed by atoms with Crippen LogP contribution in [-0.4, -0.2) is 16.6 Å². The van der Waals surface area contributed by atoms with Crippen LogP contribution in [0.3, 0.4) is 0 Å². The monoisotopic (exact) mass is 564 g/mol. The third-order valence-corrected chi connectivity index (χ3v) is 18.1. The smallest absolute Gasteiger partial charge is 0.250 e. The lowest BCUT2D eigenvalue weighted by Gasteiger charge is -2.37. The van der Waals surface area contributed by atoms with Crippen LogP contribution < -0.4 is 8.85 Å². The van der Waals surface area contributed by atoms with Gasteiger partial charge in [-0.15, -0.1) is 12.8 Å². The van der Waals surface area contributed by atoms with Crippen molar-refractivity contribution in [2.24, 2.45) is 0 Å². The van der Waals surface area contributed by atoms with Crippen LogP contribution in [0.4, 0.5) is 0 Å². The highest BCUT2D eigenvalue weighted by molar-refractivity contribution is 6.75. The molecule has 0 atom stereocenters. The van der Waals surface area contributed by atoms with Crippen molar-refractivity contribution in [3.05, 3.63) is 58.7 Å². The molecule has 4 rings (SSSR count). The minimum absolute atomic E-state index is 0.0814. The number of fused-ring (bicyclic) bond motifs is 5. The molecule has 0 heterocycles. The Kier molecular flexibility index (Phi) is 7.24. The topological polar surface area (TPSA) is 18.5 Å². The number of hydrogen-bond acceptors (Lipinski definition) is 2. The average Bonchev–Trinajstić information content (AvgIpc) is 2.84. The van der Waals surface area contributed by atoms with E-state index in [1.54, 1.807) is 0 Å². The Morgan fingerprint density at radius 3 is 1.25 bits per heavy atom. The molecule has 4 aromatic rings. The van der Waals surface area contributed by atoms with Crippen LogP contribution in [0.1, 0.15) is 63.8 Å². The van der Waals surface area contributed by atoms with Crippen LogP contribution >= 0.6 is 0 Å². The van der Waals surface area contributed by atoms with Crippen molar-refractivity contribution in [2.75, 3.05) is 0 Å². The summed E-state index contributed by atoms with van der Waals surface area (Å²) in [5.74, 6) is 7.73. The van der Waals surface area contributed by atoms with Gasteiger partial charge in [-0.2, -0.15) is 0 Å². The molecule has 0 amide bonds. The summed E-state index contributed by atoms with van der Waals surface area (Å²) in [6, 6.07) is 12.7. The average molecular weight is 565 g/mol. The Balaban J connectivity index is 2.18. The van der Waals surface area contributed by atoms with Gasteiger partial charge < -0.3 is 8.85 Å². The van der Waals surface area contributed by atoms with Crippen molar-refractivity contribution in [2.45, 2.75) is 91.7 Å². The van der Waals surface area contributed by atoms with E-state index < -0.39 is 16.6 Å². The van der Waals surface area contributed by atoms with Crippen molar-refractivity contribution in [1.82, 2.24) is 0 Å². The lowest BCUT2D eigenvalue weighted by Crippen LogP contribution is -2.44. The lowest BCUT2D eigenvalue weighted by molar-refractivity contribution is 0.490. The first kappa shape index (κ1) is 29.8. The van der Waals surface area contributed by atoms with E-state index in [4.69, 9.17) is 21.7 Å². The van der Waals surface area contributed by atoms with Crippen LogP contribution in [0.15, 0.2) is 36.4 Å². The van der Waals surface area contributed by atoms with E-state index in [1.165, 1.54) is 0 Å². The molecule has 0 aliphatic carbocycles. The normalized spacial score (nSPS) is 12.9.